The second-order valence-corrected chi connectivity index (χ2v) is 4.01. The number of anilines is 1. The third-order valence-electron chi connectivity index (χ3n) is 2.41. The summed E-state index contributed by atoms with van der Waals surface area (Å²) in [6.07, 6.45) is -4.21. The van der Waals surface area contributed by atoms with Gasteiger partial charge in [-0.05, 0) is 18.6 Å². The Morgan fingerprint density at radius 3 is 2.62 bits per heavy atom. The van der Waals surface area contributed by atoms with Gasteiger partial charge in [0, 0.05) is 13.2 Å². The number of nitrogens with zero attached hydrogens (tertiary/aromatic N) is 1. The van der Waals surface area contributed by atoms with E-state index < -0.39 is 17.8 Å². The summed E-state index contributed by atoms with van der Waals surface area (Å²) in [5, 5.41) is 20.0. The summed E-state index contributed by atoms with van der Waals surface area (Å²) in [5.41, 5.74) is -1.49. The van der Waals surface area contributed by atoms with Crippen LogP contribution in [-0.2, 0) is 10.9 Å². The van der Waals surface area contributed by atoms with Gasteiger partial charge in [-0.25, -0.2) is 9.78 Å². The van der Waals surface area contributed by atoms with Gasteiger partial charge in [0.15, 0.2) is 0 Å². The average molecular weight is 308 g/mol. The Morgan fingerprint density at radius 2 is 2.05 bits per heavy atom. The fourth-order valence-corrected chi connectivity index (χ4v) is 1.47. The van der Waals surface area contributed by atoms with Crippen molar-refractivity contribution in [1.29, 1.82) is 0 Å². The lowest BCUT2D eigenvalue weighted by molar-refractivity contribution is -0.141. The van der Waals surface area contributed by atoms with Gasteiger partial charge in [0.25, 0.3) is 0 Å². The first-order valence-electron chi connectivity index (χ1n) is 6.10. The molecule has 0 bridgehead atoms. The summed E-state index contributed by atoms with van der Waals surface area (Å²) in [7, 11) is 0. The number of alkyl halides is 3. The topological polar surface area (TPSA) is 91.7 Å². The zero-order valence-corrected chi connectivity index (χ0v) is 11.0. The van der Waals surface area contributed by atoms with Gasteiger partial charge in [0.2, 0.25) is 0 Å². The largest absolute Gasteiger partial charge is 0.478 e. The molecule has 0 radical (unpaired) electrons. The zero-order valence-electron chi connectivity index (χ0n) is 11.0. The van der Waals surface area contributed by atoms with E-state index in [4.69, 9.17) is 14.9 Å². The second-order valence-electron chi connectivity index (χ2n) is 4.01. The third-order valence-corrected chi connectivity index (χ3v) is 2.41. The van der Waals surface area contributed by atoms with Crippen molar-refractivity contribution in [2.75, 3.05) is 31.7 Å². The molecule has 21 heavy (non-hydrogen) atoms. The van der Waals surface area contributed by atoms with Crippen LogP contribution in [0.2, 0.25) is 0 Å². The van der Waals surface area contributed by atoms with E-state index in [1.807, 2.05) is 0 Å². The number of carboxylic acid groups (broad SMARTS) is 1. The predicted molar refractivity (Wildman–Crippen MR) is 67.2 cm³/mol. The molecule has 0 aliphatic heterocycles. The quantitative estimate of drug-likeness (QED) is 0.632. The molecule has 9 heteroatoms. The molecule has 0 aromatic carbocycles. The monoisotopic (exact) mass is 308 g/mol. The van der Waals surface area contributed by atoms with E-state index in [-0.39, 0.29) is 37.7 Å². The molecule has 6 nitrogen and oxygen atoms in total. The number of aliphatic hydroxyl groups is 1. The van der Waals surface area contributed by atoms with E-state index in [1.54, 1.807) is 0 Å². The number of pyridine rings is 1. The molecule has 0 saturated carbocycles. The van der Waals surface area contributed by atoms with Crippen LogP contribution >= 0.6 is 0 Å². The number of aromatic carboxylic acids is 1. The number of ether oxygens (including phenoxy) is 1. The van der Waals surface area contributed by atoms with Crippen LogP contribution in [0, 0.1) is 0 Å². The number of hydrogen-bond donors (Lipinski definition) is 3. The summed E-state index contributed by atoms with van der Waals surface area (Å²) in [6, 6.07) is 1.49. The number of carboxylic acids is 1. The number of aliphatic hydroxyl groups excluding tert-OH is 1. The van der Waals surface area contributed by atoms with Gasteiger partial charge in [-0.2, -0.15) is 13.2 Å². The fourth-order valence-electron chi connectivity index (χ4n) is 1.47. The van der Waals surface area contributed by atoms with Crippen LogP contribution in [0.5, 0.6) is 0 Å². The molecule has 1 aromatic rings. The maximum atomic E-state index is 12.5. The van der Waals surface area contributed by atoms with Gasteiger partial charge in [0.05, 0.1) is 13.2 Å². The minimum absolute atomic E-state index is 0.119. The number of carbonyl (C=O) groups is 1. The molecule has 3 N–H and O–H groups in total. The van der Waals surface area contributed by atoms with Crippen LogP contribution in [0.15, 0.2) is 12.1 Å². The van der Waals surface area contributed by atoms with Crippen molar-refractivity contribution in [3.63, 3.8) is 0 Å². The van der Waals surface area contributed by atoms with Crippen molar-refractivity contribution < 1.29 is 32.9 Å². The average Bonchev–Trinajstić information content (AvgIpc) is 2.41. The highest BCUT2D eigenvalue weighted by Gasteiger charge is 2.33. The molecule has 118 valence electrons. The molecule has 0 atom stereocenters. The number of aromatic nitrogens is 1. The molecule has 0 saturated heterocycles. The van der Waals surface area contributed by atoms with Crippen LogP contribution in [0.25, 0.3) is 0 Å². The summed E-state index contributed by atoms with van der Waals surface area (Å²) < 4.78 is 42.6. The highest BCUT2D eigenvalue weighted by molar-refractivity contribution is 5.93. The molecule has 0 fully saturated rings. The van der Waals surface area contributed by atoms with Crippen LogP contribution in [0.3, 0.4) is 0 Å². The van der Waals surface area contributed by atoms with E-state index in [1.165, 1.54) is 0 Å². The van der Waals surface area contributed by atoms with Crippen LogP contribution in [0.4, 0.5) is 19.0 Å². The van der Waals surface area contributed by atoms with Gasteiger partial charge in [-0.1, -0.05) is 0 Å². The van der Waals surface area contributed by atoms with Crippen LogP contribution in [-0.4, -0.2) is 47.5 Å². The standard InChI is InChI=1S/C12H15F3N2O4/c13-12(14,15)9-3-2-8(11(19)20)10(17-9)16-4-1-6-21-7-5-18/h2-3,18H,1,4-7H2,(H,16,17)(H,19,20). The molecule has 0 unspecified atom stereocenters. The van der Waals surface area contributed by atoms with Crippen molar-refractivity contribution in [3.8, 4) is 0 Å². The first-order valence-corrected chi connectivity index (χ1v) is 6.10. The summed E-state index contributed by atoms with van der Waals surface area (Å²) in [6.45, 7) is 0.531. The van der Waals surface area contributed by atoms with E-state index in [0.29, 0.717) is 12.5 Å². The molecular formula is C12H15F3N2O4. The number of rotatable bonds is 8. The number of nitrogens with one attached hydrogen (secondary N) is 1. The van der Waals surface area contributed by atoms with Gasteiger partial charge in [0.1, 0.15) is 17.1 Å². The summed E-state index contributed by atoms with van der Waals surface area (Å²) >= 11 is 0. The lowest BCUT2D eigenvalue weighted by Gasteiger charge is -2.12. The first kappa shape index (κ1) is 17.2. The Morgan fingerprint density at radius 1 is 1.33 bits per heavy atom. The maximum absolute atomic E-state index is 12.5. The van der Waals surface area contributed by atoms with Gasteiger partial charge in [-0.3, -0.25) is 0 Å². The van der Waals surface area contributed by atoms with Gasteiger partial charge >= 0.3 is 12.1 Å². The second kappa shape index (κ2) is 7.79. The molecule has 0 aliphatic rings. The lowest BCUT2D eigenvalue weighted by atomic mass is 10.2. The molecule has 1 aromatic heterocycles. The minimum Gasteiger partial charge on any atom is -0.478 e. The fraction of sp³-hybridized carbons (Fsp3) is 0.500. The van der Waals surface area contributed by atoms with Crippen molar-refractivity contribution >= 4 is 11.8 Å². The molecular weight excluding hydrogens is 293 g/mol. The van der Waals surface area contributed by atoms with E-state index in [9.17, 15) is 18.0 Å². The predicted octanol–water partition coefficient (Wildman–Crippen LogP) is 1.61. The van der Waals surface area contributed by atoms with Crippen LogP contribution in [0.1, 0.15) is 22.5 Å². The number of hydrogen-bond acceptors (Lipinski definition) is 5. The van der Waals surface area contributed by atoms with E-state index in [0.717, 1.165) is 6.07 Å². The molecule has 1 heterocycles. The summed E-state index contributed by atoms with van der Waals surface area (Å²) in [4.78, 5) is 14.2. The van der Waals surface area contributed by atoms with E-state index >= 15 is 0 Å². The minimum atomic E-state index is -4.64. The Kier molecular flexibility index (Phi) is 6.38. The Bertz CT molecular complexity index is 480. The Hall–Kier alpha value is -1.87. The van der Waals surface area contributed by atoms with Crippen molar-refractivity contribution in [3.05, 3.63) is 23.4 Å². The van der Waals surface area contributed by atoms with Crippen LogP contribution < -0.4 is 5.32 Å². The Labute approximate surface area is 118 Å². The van der Waals surface area contributed by atoms with Crippen molar-refractivity contribution in [2.45, 2.75) is 12.6 Å². The van der Waals surface area contributed by atoms with E-state index in [2.05, 4.69) is 10.3 Å². The molecule has 1 rings (SSSR count). The summed E-state index contributed by atoms with van der Waals surface area (Å²) in [5.74, 6) is -1.70. The van der Waals surface area contributed by atoms with Crippen molar-refractivity contribution in [1.82, 2.24) is 4.98 Å². The van der Waals surface area contributed by atoms with Crippen molar-refractivity contribution in [2.24, 2.45) is 0 Å². The van der Waals surface area contributed by atoms with Gasteiger partial charge in [-0.15, -0.1) is 0 Å². The normalized spacial score (nSPS) is 11.4. The number of halogens is 3. The lowest BCUT2D eigenvalue weighted by Crippen LogP contribution is -2.15. The highest BCUT2D eigenvalue weighted by atomic mass is 19.4. The van der Waals surface area contributed by atoms with Gasteiger partial charge < -0.3 is 20.3 Å². The third kappa shape index (κ3) is 5.56. The Balaban J connectivity index is 2.71. The maximum Gasteiger partial charge on any atom is 0.433 e. The molecule has 0 aliphatic carbocycles. The molecule has 0 spiro atoms. The molecule has 0 amide bonds. The highest BCUT2D eigenvalue weighted by Crippen LogP contribution is 2.29. The smallest absolute Gasteiger partial charge is 0.433 e. The first-order chi connectivity index (χ1) is 9.86. The SMILES string of the molecule is O=C(O)c1ccc(C(F)(F)F)nc1NCCCOCCO. The zero-order chi connectivity index (χ0) is 15.9.